The Kier molecular flexibility index (Phi) is 51.9. The highest BCUT2D eigenvalue weighted by Crippen LogP contribution is 2.15. The molecule has 6 heteroatoms. The Balaban J connectivity index is 4.43. The lowest BCUT2D eigenvalue weighted by molar-refractivity contribution is -0.167. The van der Waals surface area contributed by atoms with Crippen molar-refractivity contribution in [3.8, 4) is 0 Å². The Labute approximate surface area is 408 Å². The molecule has 0 aromatic carbocycles. The molecule has 0 bridgehead atoms. The Morgan fingerprint density at radius 3 is 1.00 bits per heavy atom. The summed E-state index contributed by atoms with van der Waals surface area (Å²) in [5, 5.41) is 0. The minimum Gasteiger partial charge on any atom is -0.462 e. The maximum absolute atomic E-state index is 12.8. The summed E-state index contributed by atoms with van der Waals surface area (Å²) in [5.41, 5.74) is 0. The predicted octanol–water partition coefficient (Wildman–Crippen LogP) is 18.6. The Hall–Kier alpha value is -3.15. The molecule has 0 unspecified atom stereocenters. The van der Waals surface area contributed by atoms with Crippen molar-refractivity contribution in [2.75, 3.05) is 13.2 Å². The van der Waals surface area contributed by atoms with Gasteiger partial charge in [-0.05, 0) is 83.5 Å². The third-order valence-corrected chi connectivity index (χ3v) is 11.9. The van der Waals surface area contributed by atoms with Crippen molar-refractivity contribution in [2.24, 2.45) is 0 Å². The van der Waals surface area contributed by atoms with Crippen LogP contribution in [0.2, 0.25) is 0 Å². The molecule has 1 atom stereocenters. The van der Waals surface area contributed by atoms with Crippen LogP contribution in [-0.4, -0.2) is 37.2 Å². The molecule has 0 aliphatic heterocycles. The van der Waals surface area contributed by atoms with Gasteiger partial charge >= 0.3 is 17.9 Å². The van der Waals surface area contributed by atoms with Crippen molar-refractivity contribution in [1.82, 2.24) is 0 Å². The summed E-state index contributed by atoms with van der Waals surface area (Å²) in [6.07, 6.45) is 68.9. The first-order chi connectivity index (χ1) is 32.5. The monoisotopic (exact) mass is 921 g/mol. The molecular weight excluding hydrogens is 817 g/mol. The zero-order valence-corrected chi connectivity index (χ0v) is 43.4. The van der Waals surface area contributed by atoms with Crippen LogP contribution in [0.15, 0.2) is 72.9 Å². The van der Waals surface area contributed by atoms with Gasteiger partial charge in [-0.15, -0.1) is 0 Å². The molecule has 6 nitrogen and oxygen atoms in total. The number of ether oxygens (including phenoxy) is 3. The molecular formula is C60H104O6. The molecule has 0 amide bonds. The smallest absolute Gasteiger partial charge is 0.306 e. The summed E-state index contributed by atoms with van der Waals surface area (Å²) in [7, 11) is 0. The fraction of sp³-hybridized carbons (Fsp3) is 0.750. The molecule has 0 heterocycles. The van der Waals surface area contributed by atoms with Crippen LogP contribution in [0.5, 0.6) is 0 Å². The van der Waals surface area contributed by atoms with Gasteiger partial charge in [0.25, 0.3) is 0 Å². The van der Waals surface area contributed by atoms with Crippen molar-refractivity contribution >= 4 is 17.9 Å². The van der Waals surface area contributed by atoms with E-state index in [4.69, 9.17) is 14.2 Å². The van der Waals surface area contributed by atoms with Gasteiger partial charge in [-0.3, -0.25) is 14.4 Å². The van der Waals surface area contributed by atoms with Crippen LogP contribution in [0.3, 0.4) is 0 Å². The molecule has 0 N–H and O–H groups in total. The fourth-order valence-corrected chi connectivity index (χ4v) is 7.77. The molecule has 0 saturated carbocycles. The minimum atomic E-state index is -0.797. The van der Waals surface area contributed by atoms with Crippen LogP contribution in [0.25, 0.3) is 0 Å². The van der Waals surface area contributed by atoms with E-state index >= 15 is 0 Å². The molecule has 0 rings (SSSR count). The van der Waals surface area contributed by atoms with Gasteiger partial charge in [-0.1, -0.05) is 241 Å². The van der Waals surface area contributed by atoms with Crippen LogP contribution >= 0.6 is 0 Å². The molecule has 380 valence electrons. The van der Waals surface area contributed by atoms with E-state index < -0.39 is 6.10 Å². The van der Waals surface area contributed by atoms with Gasteiger partial charge in [0.05, 0.1) is 0 Å². The van der Waals surface area contributed by atoms with Crippen LogP contribution in [0.4, 0.5) is 0 Å². The highest BCUT2D eigenvalue weighted by atomic mass is 16.6. The highest BCUT2D eigenvalue weighted by Gasteiger charge is 2.19. The van der Waals surface area contributed by atoms with E-state index in [9.17, 15) is 14.4 Å². The third-order valence-electron chi connectivity index (χ3n) is 11.9. The van der Waals surface area contributed by atoms with E-state index in [0.29, 0.717) is 19.3 Å². The van der Waals surface area contributed by atoms with E-state index in [1.807, 2.05) is 0 Å². The van der Waals surface area contributed by atoms with Gasteiger partial charge in [0.15, 0.2) is 6.10 Å². The van der Waals surface area contributed by atoms with Gasteiger partial charge in [0.1, 0.15) is 13.2 Å². The minimum absolute atomic E-state index is 0.0916. The lowest BCUT2D eigenvalue weighted by Gasteiger charge is -2.18. The number of allylic oxidation sites excluding steroid dienone is 12. The number of unbranched alkanes of at least 4 members (excludes halogenated alkanes) is 27. The van der Waals surface area contributed by atoms with E-state index in [1.165, 1.54) is 148 Å². The number of esters is 3. The van der Waals surface area contributed by atoms with Crippen LogP contribution < -0.4 is 0 Å². The van der Waals surface area contributed by atoms with E-state index in [-0.39, 0.29) is 37.5 Å². The maximum atomic E-state index is 12.8. The summed E-state index contributed by atoms with van der Waals surface area (Å²) in [6, 6.07) is 0. The van der Waals surface area contributed by atoms with Gasteiger partial charge in [-0.25, -0.2) is 0 Å². The van der Waals surface area contributed by atoms with Crippen molar-refractivity contribution in [3.05, 3.63) is 72.9 Å². The SMILES string of the molecule is CC/C=C\C/C=C\C/C=C\C/C=C\C/C=C\CCCC(=O)OC[C@H](COC(=O)CCCCCCCCCCCCCC)OC(=O)CCCCCCCCCCC/C=C\CCCCCCCC. The van der Waals surface area contributed by atoms with Crippen molar-refractivity contribution < 1.29 is 28.6 Å². The van der Waals surface area contributed by atoms with Crippen LogP contribution in [0.1, 0.15) is 271 Å². The second kappa shape index (κ2) is 54.5. The number of hydrogen-bond donors (Lipinski definition) is 0. The lowest BCUT2D eigenvalue weighted by atomic mass is 10.0. The maximum Gasteiger partial charge on any atom is 0.306 e. The average Bonchev–Trinajstić information content (AvgIpc) is 3.31. The molecule has 0 radical (unpaired) electrons. The quantitative estimate of drug-likeness (QED) is 0.0262. The molecule has 0 spiro atoms. The summed E-state index contributed by atoms with van der Waals surface area (Å²) < 4.78 is 16.8. The predicted molar refractivity (Wildman–Crippen MR) is 284 cm³/mol. The van der Waals surface area contributed by atoms with Gasteiger partial charge < -0.3 is 14.2 Å². The van der Waals surface area contributed by atoms with E-state index in [0.717, 1.165) is 77.0 Å². The van der Waals surface area contributed by atoms with Gasteiger partial charge in [0.2, 0.25) is 0 Å². The second-order valence-electron chi connectivity index (χ2n) is 18.5. The summed E-state index contributed by atoms with van der Waals surface area (Å²) in [5.74, 6) is -0.948. The zero-order valence-electron chi connectivity index (χ0n) is 43.4. The van der Waals surface area contributed by atoms with Crippen molar-refractivity contribution in [2.45, 2.75) is 277 Å². The van der Waals surface area contributed by atoms with Crippen molar-refractivity contribution in [3.63, 3.8) is 0 Å². The van der Waals surface area contributed by atoms with Crippen LogP contribution in [0, 0.1) is 0 Å². The summed E-state index contributed by atoms with van der Waals surface area (Å²) >= 11 is 0. The lowest BCUT2D eigenvalue weighted by Crippen LogP contribution is -2.30. The Morgan fingerprint density at radius 2 is 0.606 bits per heavy atom. The third kappa shape index (κ3) is 51.8. The largest absolute Gasteiger partial charge is 0.462 e. The molecule has 0 saturated heterocycles. The average molecular weight is 921 g/mol. The van der Waals surface area contributed by atoms with Crippen LogP contribution in [-0.2, 0) is 28.6 Å². The Morgan fingerprint density at radius 1 is 0.318 bits per heavy atom. The topological polar surface area (TPSA) is 78.9 Å². The molecule has 0 aromatic heterocycles. The Bertz CT molecular complexity index is 1240. The fourth-order valence-electron chi connectivity index (χ4n) is 7.77. The van der Waals surface area contributed by atoms with Gasteiger partial charge in [0, 0.05) is 19.3 Å². The van der Waals surface area contributed by atoms with Gasteiger partial charge in [-0.2, -0.15) is 0 Å². The zero-order chi connectivity index (χ0) is 47.9. The summed E-state index contributed by atoms with van der Waals surface area (Å²) in [4.78, 5) is 38.1. The molecule has 0 aliphatic carbocycles. The number of carbonyl (C=O) groups excluding carboxylic acids is 3. The molecule has 0 aliphatic rings. The first kappa shape index (κ1) is 62.8. The molecule has 0 fully saturated rings. The van der Waals surface area contributed by atoms with E-state index in [1.54, 1.807) is 0 Å². The number of rotatable bonds is 50. The number of carbonyl (C=O) groups is 3. The first-order valence-electron chi connectivity index (χ1n) is 27.9. The highest BCUT2D eigenvalue weighted by molar-refractivity contribution is 5.71. The number of hydrogen-bond acceptors (Lipinski definition) is 6. The first-order valence-corrected chi connectivity index (χ1v) is 27.9. The molecule has 66 heavy (non-hydrogen) atoms. The second-order valence-corrected chi connectivity index (χ2v) is 18.5. The summed E-state index contributed by atoms with van der Waals surface area (Å²) in [6.45, 7) is 6.48. The van der Waals surface area contributed by atoms with Crippen molar-refractivity contribution in [1.29, 1.82) is 0 Å². The standard InChI is InChI=1S/C60H104O6/c1-4-7-10-13-16-19-22-25-27-29-30-32-34-36-39-42-45-48-51-54-60(63)66-57(55-64-58(61)52-49-46-43-40-37-24-21-18-15-12-9-6-3)56-65-59(62)53-50-47-44-41-38-35-33-31-28-26-23-20-17-14-11-8-5-2/h8,11,17,20,25-28,33,35,41,44,57H,4-7,9-10,12-16,18-19,21-24,29-32,34,36-40,42-43,45-56H2,1-3H3/b11-8-,20-17-,27-25-,28-26-,35-33-,44-41-/t57-/m0/s1. The normalized spacial score (nSPS) is 12.6. The van der Waals surface area contributed by atoms with E-state index in [2.05, 4.69) is 93.7 Å². The molecule has 0 aromatic rings.